The van der Waals surface area contributed by atoms with Crippen molar-refractivity contribution in [2.45, 2.75) is 36.4 Å². The second-order valence-electron chi connectivity index (χ2n) is 3.31. The van der Waals surface area contributed by atoms with Gasteiger partial charge in [0.1, 0.15) is 6.61 Å². The summed E-state index contributed by atoms with van der Waals surface area (Å²) in [6, 6.07) is 0. The van der Waals surface area contributed by atoms with Crippen molar-refractivity contribution in [1.82, 2.24) is 0 Å². The lowest BCUT2D eigenvalue weighted by molar-refractivity contribution is 0.313. The average Bonchev–Trinajstić information content (AvgIpc) is 2.09. The van der Waals surface area contributed by atoms with Crippen molar-refractivity contribution in [3.05, 3.63) is 0 Å². The third kappa shape index (κ3) is 11.7. The van der Waals surface area contributed by atoms with E-state index in [1.165, 1.54) is 0 Å². The molecule has 7 heteroatoms. The Balaban J connectivity index is 3.73. The molecule has 0 fully saturated rings. The Morgan fingerprint density at radius 3 is 2.33 bits per heavy atom. The molecule has 0 aliphatic carbocycles. The van der Waals surface area contributed by atoms with Crippen molar-refractivity contribution in [3.63, 3.8) is 0 Å². The number of alkyl halides is 3. The maximum atomic E-state index is 9.70. The van der Waals surface area contributed by atoms with E-state index in [1.54, 1.807) is 0 Å². The Morgan fingerprint density at radius 1 is 1.27 bits per heavy atom. The minimum absolute atomic E-state index is 0.154. The van der Waals surface area contributed by atoms with Crippen molar-refractivity contribution in [3.8, 4) is 0 Å². The van der Waals surface area contributed by atoms with Gasteiger partial charge in [0.25, 0.3) is 0 Å². The number of unbranched alkanes of at least 4 members (excludes halogenated alkanes) is 3. The summed E-state index contributed by atoms with van der Waals surface area (Å²) in [7, 11) is 0. The molecule has 0 saturated heterocycles. The second kappa shape index (κ2) is 7.71. The summed E-state index contributed by atoms with van der Waals surface area (Å²) < 4.78 is 3.56. The van der Waals surface area contributed by atoms with Gasteiger partial charge in [-0.25, -0.2) is 0 Å². The molecule has 1 atom stereocenters. The van der Waals surface area contributed by atoms with E-state index in [0.717, 1.165) is 25.7 Å². The molecule has 1 unspecified atom stereocenters. The highest BCUT2D eigenvalue weighted by Crippen LogP contribution is 2.45. The van der Waals surface area contributed by atoms with Crippen molar-refractivity contribution in [1.29, 1.82) is 0 Å². The molecule has 15 heavy (non-hydrogen) atoms. The average molecular weight is 314 g/mol. The van der Waals surface area contributed by atoms with E-state index in [0.29, 0.717) is 6.16 Å². The van der Waals surface area contributed by atoms with Crippen LogP contribution in [0.25, 0.3) is 0 Å². The molecule has 0 rings (SSSR count). The predicted molar refractivity (Wildman–Crippen MR) is 71.8 cm³/mol. The Kier molecular flexibility index (Phi) is 8.45. The minimum atomic E-state index is -2.75. The summed E-state index contributed by atoms with van der Waals surface area (Å²) in [6.07, 6.45) is 4.68. The summed E-state index contributed by atoms with van der Waals surface area (Å²) >= 11 is 21.4. The van der Waals surface area contributed by atoms with Crippen molar-refractivity contribution in [2.75, 3.05) is 12.8 Å². The molecular weight excluding hydrogens is 297 g/mol. The molecule has 2 nitrogen and oxygen atoms in total. The van der Waals surface area contributed by atoms with Gasteiger partial charge in [0.2, 0.25) is 3.79 Å². The lowest BCUT2D eigenvalue weighted by Crippen LogP contribution is -2.12. The molecule has 92 valence electrons. The summed E-state index contributed by atoms with van der Waals surface area (Å²) in [5.41, 5.74) is 0. The van der Waals surface area contributed by atoms with Gasteiger partial charge in [-0.3, -0.25) is 0 Å². The molecule has 0 spiro atoms. The van der Waals surface area contributed by atoms with Crippen LogP contribution >= 0.6 is 41.3 Å². The largest absolute Gasteiger partial charge is 0.345 e. The van der Waals surface area contributed by atoms with Gasteiger partial charge < -0.3 is 9.42 Å². The molecule has 0 bridgehead atoms. The Labute approximate surface area is 111 Å². The third-order valence-corrected chi connectivity index (χ3v) is 4.33. The first-order valence-corrected chi connectivity index (χ1v) is 8.79. The summed E-state index contributed by atoms with van der Waals surface area (Å²) in [5.74, 6) is 0. The standard InChI is InChI=1S/C8H16Cl3O2PS/c1-2-3-4-5-6-14(12,15)13-7-8(9,10)11/h2-7H2,1H3,(H,12,15). The molecule has 1 N–H and O–H groups in total. The van der Waals surface area contributed by atoms with E-state index in [1.807, 2.05) is 0 Å². The number of hydrogen-bond acceptors (Lipinski definition) is 2. The Morgan fingerprint density at radius 2 is 1.87 bits per heavy atom. The van der Waals surface area contributed by atoms with Crippen LogP contribution in [0, 0.1) is 0 Å². The van der Waals surface area contributed by atoms with E-state index in [4.69, 9.17) is 51.1 Å². The van der Waals surface area contributed by atoms with Crippen LogP contribution in [0.1, 0.15) is 32.6 Å². The van der Waals surface area contributed by atoms with Gasteiger partial charge in [-0.2, -0.15) is 0 Å². The molecule has 0 aromatic carbocycles. The molecular formula is C8H16Cl3O2PS. The maximum absolute atomic E-state index is 9.70. The quantitative estimate of drug-likeness (QED) is 0.433. The first kappa shape index (κ1) is 16.4. The van der Waals surface area contributed by atoms with Crippen molar-refractivity contribution >= 4 is 53.1 Å². The van der Waals surface area contributed by atoms with Crippen LogP contribution < -0.4 is 0 Å². The highest BCUT2D eigenvalue weighted by molar-refractivity contribution is 8.09. The number of rotatable bonds is 7. The monoisotopic (exact) mass is 312 g/mol. The third-order valence-electron chi connectivity index (χ3n) is 1.72. The highest BCUT2D eigenvalue weighted by atomic mass is 35.6. The van der Waals surface area contributed by atoms with Crippen LogP contribution in [0.2, 0.25) is 0 Å². The van der Waals surface area contributed by atoms with E-state index in [2.05, 4.69) is 6.92 Å². The van der Waals surface area contributed by atoms with Crippen LogP contribution in [-0.2, 0) is 16.3 Å². The van der Waals surface area contributed by atoms with Gasteiger partial charge >= 0.3 is 0 Å². The molecule has 0 radical (unpaired) electrons. The van der Waals surface area contributed by atoms with Gasteiger partial charge in [0.15, 0.2) is 6.49 Å². The van der Waals surface area contributed by atoms with E-state index >= 15 is 0 Å². The fraction of sp³-hybridized carbons (Fsp3) is 1.00. The topological polar surface area (TPSA) is 29.5 Å². The van der Waals surface area contributed by atoms with Gasteiger partial charge in [0, 0.05) is 6.16 Å². The van der Waals surface area contributed by atoms with Crippen LogP contribution in [0.5, 0.6) is 0 Å². The van der Waals surface area contributed by atoms with E-state index in [-0.39, 0.29) is 6.61 Å². The van der Waals surface area contributed by atoms with E-state index < -0.39 is 10.3 Å². The zero-order valence-electron chi connectivity index (χ0n) is 8.59. The van der Waals surface area contributed by atoms with Crippen LogP contribution in [0.4, 0.5) is 0 Å². The summed E-state index contributed by atoms with van der Waals surface area (Å²) in [5, 5.41) is 0. The molecule has 0 heterocycles. The van der Waals surface area contributed by atoms with Gasteiger partial charge in [0.05, 0.1) is 0 Å². The first-order valence-electron chi connectivity index (χ1n) is 4.80. The molecule has 0 aromatic heterocycles. The molecule has 0 amide bonds. The summed E-state index contributed by atoms with van der Waals surface area (Å²) in [4.78, 5) is 9.70. The van der Waals surface area contributed by atoms with Crippen molar-refractivity contribution < 1.29 is 9.42 Å². The lowest BCUT2D eigenvalue weighted by atomic mass is 10.2. The van der Waals surface area contributed by atoms with Crippen LogP contribution in [0.3, 0.4) is 0 Å². The fourth-order valence-corrected chi connectivity index (χ4v) is 3.06. The summed E-state index contributed by atoms with van der Waals surface area (Å²) in [6.45, 7) is -0.783. The van der Waals surface area contributed by atoms with Gasteiger partial charge in [-0.05, 0) is 18.2 Å². The maximum Gasteiger partial charge on any atom is 0.213 e. The molecule has 0 aliphatic heterocycles. The normalized spacial score (nSPS) is 16.3. The molecule has 0 saturated carbocycles. The van der Waals surface area contributed by atoms with E-state index in [9.17, 15) is 4.89 Å². The van der Waals surface area contributed by atoms with Crippen molar-refractivity contribution in [2.24, 2.45) is 0 Å². The number of hydrogen-bond donors (Lipinski definition) is 1. The minimum Gasteiger partial charge on any atom is -0.345 e. The predicted octanol–water partition coefficient (Wildman–Crippen LogP) is 4.26. The SMILES string of the molecule is CCCCCCP(O)(=S)OCC(Cl)(Cl)Cl. The lowest BCUT2D eigenvalue weighted by Gasteiger charge is -2.18. The first-order chi connectivity index (χ1) is 6.77. The highest BCUT2D eigenvalue weighted by Gasteiger charge is 2.24. The zero-order valence-corrected chi connectivity index (χ0v) is 12.6. The smallest absolute Gasteiger partial charge is 0.213 e. The van der Waals surface area contributed by atoms with Crippen LogP contribution in [-0.4, -0.2) is 21.5 Å². The molecule has 0 aliphatic rings. The number of halogens is 3. The second-order valence-corrected chi connectivity index (χ2v) is 9.52. The van der Waals surface area contributed by atoms with Crippen LogP contribution in [0.15, 0.2) is 0 Å². The Bertz CT molecular complexity index is 220. The zero-order chi connectivity index (χ0) is 11.9. The van der Waals surface area contributed by atoms with Gasteiger partial charge in [-0.1, -0.05) is 61.0 Å². The molecule has 0 aromatic rings. The van der Waals surface area contributed by atoms with Gasteiger partial charge in [-0.15, -0.1) is 0 Å². The fourth-order valence-electron chi connectivity index (χ4n) is 0.977. The Hall–Kier alpha value is 1.44.